The van der Waals surface area contributed by atoms with E-state index in [-0.39, 0.29) is 5.78 Å². The largest absolute Gasteiger partial charge is 0.294 e. The summed E-state index contributed by atoms with van der Waals surface area (Å²) < 4.78 is 1.88. The predicted molar refractivity (Wildman–Crippen MR) is 67.0 cm³/mol. The second-order valence-corrected chi connectivity index (χ2v) is 4.17. The Morgan fingerprint density at radius 2 is 2.06 bits per heavy atom. The monoisotopic (exact) mass is 228 g/mol. The Balaban J connectivity index is 1.81. The lowest BCUT2D eigenvalue weighted by atomic mass is 10.1. The summed E-state index contributed by atoms with van der Waals surface area (Å²) in [6.45, 7) is 2.81. The Morgan fingerprint density at radius 3 is 2.71 bits per heavy atom. The summed E-state index contributed by atoms with van der Waals surface area (Å²) in [6, 6.07) is 9.43. The van der Waals surface area contributed by atoms with Gasteiger partial charge < -0.3 is 0 Å². The van der Waals surface area contributed by atoms with Crippen molar-refractivity contribution in [2.75, 3.05) is 0 Å². The van der Waals surface area contributed by atoms with Crippen molar-refractivity contribution in [2.45, 2.75) is 26.3 Å². The minimum absolute atomic E-state index is 0.203. The van der Waals surface area contributed by atoms with Crippen LogP contribution in [0.1, 0.15) is 28.8 Å². The SMILES string of the molecule is Cc1cnn(CCCC(=O)c2ccccc2)c1. The van der Waals surface area contributed by atoms with Crippen LogP contribution < -0.4 is 0 Å². The predicted octanol–water partition coefficient (Wildman–Crippen LogP) is 2.85. The minimum Gasteiger partial charge on any atom is -0.294 e. The third-order valence-electron chi connectivity index (χ3n) is 2.65. The molecule has 3 heteroatoms. The molecule has 1 aromatic heterocycles. The second-order valence-electron chi connectivity index (χ2n) is 4.17. The second kappa shape index (κ2) is 5.43. The summed E-state index contributed by atoms with van der Waals surface area (Å²) in [7, 11) is 0. The maximum Gasteiger partial charge on any atom is 0.162 e. The number of ketones is 1. The first-order chi connectivity index (χ1) is 8.25. The molecule has 0 bridgehead atoms. The fourth-order valence-electron chi connectivity index (χ4n) is 1.76. The van der Waals surface area contributed by atoms with E-state index in [2.05, 4.69) is 5.10 Å². The van der Waals surface area contributed by atoms with Gasteiger partial charge in [-0.2, -0.15) is 5.10 Å². The van der Waals surface area contributed by atoms with E-state index in [1.165, 1.54) is 0 Å². The molecule has 0 aliphatic rings. The van der Waals surface area contributed by atoms with Gasteiger partial charge in [0.05, 0.1) is 6.20 Å². The van der Waals surface area contributed by atoms with Crippen LogP contribution in [0.2, 0.25) is 0 Å². The van der Waals surface area contributed by atoms with Gasteiger partial charge in [0.2, 0.25) is 0 Å². The zero-order chi connectivity index (χ0) is 12.1. The van der Waals surface area contributed by atoms with Crippen LogP contribution in [0.4, 0.5) is 0 Å². The lowest BCUT2D eigenvalue weighted by Crippen LogP contribution is -2.03. The molecule has 0 saturated heterocycles. The van der Waals surface area contributed by atoms with Crippen molar-refractivity contribution < 1.29 is 4.79 Å². The van der Waals surface area contributed by atoms with Crippen molar-refractivity contribution in [1.29, 1.82) is 0 Å². The van der Waals surface area contributed by atoms with Gasteiger partial charge >= 0.3 is 0 Å². The third-order valence-corrected chi connectivity index (χ3v) is 2.65. The van der Waals surface area contributed by atoms with Gasteiger partial charge in [0.25, 0.3) is 0 Å². The lowest BCUT2D eigenvalue weighted by Gasteiger charge is -2.01. The minimum atomic E-state index is 0.203. The van der Waals surface area contributed by atoms with Crippen molar-refractivity contribution in [3.63, 3.8) is 0 Å². The van der Waals surface area contributed by atoms with Crippen LogP contribution in [-0.4, -0.2) is 15.6 Å². The standard InChI is InChI=1S/C14H16N2O/c1-12-10-15-16(11-12)9-5-8-14(17)13-6-3-2-4-7-13/h2-4,6-7,10-11H,5,8-9H2,1H3. The number of hydrogen-bond donors (Lipinski definition) is 0. The average Bonchev–Trinajstić information content (AvgIpc) is 2.76. The summed E-state index contributed by atoms with van der Waals surface area (Å²) in [5, 5.41) is 4.19. The molecule has 0 fully saturated rings. The Bertz CT molecular complexity index is 488. The van der Waals surface area contributed by atoms with Crippen LogP contribution in [0.5, 0.6) is 0 Å². The summed E-state index contributed by atoms with van der Waals surface area (Å²) in [4.78, 5) is 11.8. The highest BCUT2D eigenvalue weighted by Crippen LogP contribution is 2.06. The zero-order valence-electron chi connectivity index (χ0n) is 9.97. The van der Waals surface area contributed by atoms with E-state index in [0.717, 1.165) is 24.1 Å². The average molecular weight is 228 g/mol. The van der Waals surface area contributed by atoms with Gasteiger partial charge in [-0.3, -0.25) is 9.48 Å². The van der Waals surface area contributed by atoms with Gasteiger partial charge in [-0.05, 0) is 18.9 Å². The first-order valence-corrected chi connectivity index (χ1v) is 5.83. The highest BCUT2D eigenvalue weighted by molar-refractivity contribution is 5.95. The Morgan fingerprint density at radius 1 is 1.29 bits per heavy atom. The van der Waals surface area contributed by atoms with Crippen LogP contribution in [-0.2, 0) is 6.54 Å². The van der Waals surface area contributed by atoms with Gasteiger partial charge in [0.15, 0.2) is 5.78 Å². The summed E-state index contributed by atoms with van der Waals surface area (Å²) in [5.41, 5.74) is 1.95. The molecule has 1 heterocycles. The molecule has 2 rings (SSSR count). The Hall–Kier alpha value is -1.90. The molecule has 0 N–H and O–H groups in total. The number of nitrogens with zero attached hydrogens (tertiary/aromatic N) is 2. The fourth-order valence-corrected chi connectivity index (χ4v) is 1.76. The summed E-state index contributed by atoms with van der Waals surface area (Å²) >= 11 is 0. The smallest absolute Gasteiger partial charge is 0.162 e. The third kappa shape index (κ3) is 3.28. The molecule has 0 atom stereocenters. The van der Waals surface area contributed by atoms with Crippen LogP contribution in [0, 0.1) is 6.92 Å². The highest BCUT2D eigenvalue weighted by Gasteiger charge is 2.04. The van der Waals surface area contributed by atoms with Crippen LogP contribution in [0.3, 0.4) is 0 Å². The van der Waals surface area contributed by atoms with Gasteiger partial charge in [0, 0.05) is 24.7 Å². The quantitative estimate of drug-likeness (QED) is 0.737. The Labute approximate surface area is 101 Å². The molecule has 1 aromatic carbocycles. The molecule has 0 aliphatic heterocycles. The number of rotatable bonds is 5. The first-order valence-electron chi connectivity index (χ1n) is 5.83. The number of benzene rings is 1. The molecule has 0 unspecified atom stereocenters. The number of carbonyl (C=O) groups is 1. The molecule has 3 nitrogen and oxygen atoms in total. The molecule has 2 aromatic rings. The molecule has 88 valence electrons. The number of aryl methyl sites for hydroxylation is 2. The number of Topliss-reactive ketones (excluding diaryl/α,β-unsaturated/α-hetero) is 1. The molecule has 0 amide bonds. The molecule has 0 saturated carbocycles. The topological polar surface area (TPSA) is 34.9 Å². The van der Waals surface area contributed by atoms with Crippen molar-refractivity contribution in [2.24, 2.45) is 0 Å². The number of aromatic nitrogens is 2. The molecule has 0 aliphatic carbocycles. The van der Waals surface area contributed by atoms with E-state index in [1.807, 2.05) is 54.3 Å². The maximum atomic E-state index is 11.8. The van der Waals surface area contributed by atoms with Crippen LogP contribution >= 0.6 is 0 Å². The van der Waals surface area contributed by atoms with E-state index >= 15 is 0 Å². The zero-order valence-corrected chi connectivity index (χ0v) is 9.97. The van der Waals surface area contributed by atoms with E-state index in [4.69, 9.17) is 0 Å². The number of hydrogen-bond acceptors (Lipinski definition) is 2. The van der Waals surface area contributed by atoms with E-state index < -0.39 is 0 Å². The summed E-state index contributed by atoms with van der Waals surface area (Å²) in [6.07, 6.45) is 5.23. The number of carbonyl (C=O) groups excluding carboxylic acids is 1. The maximum absolute atomic E-state index is 11.8. The summed E-state index contributed by atoms with van der Waals surface area (Å²) in [5.74, 6) is 0.203. The van der Waals surface area contributed by atoms with E-state index in [9.17, 15) is 4.79 Å². The van der Waals surface area contributed by atoms with Crippen molar-refractivity contribution in [3.05, 3.63) is 53.9 Å². The normalized spacial score (nSPS) is 10.4. The van der Waals surface area contributed by atoms with Gasteiger partial charge in [-0.1, -0.05) is 30.3 Å². The van der Waals surface area contributed by atoms with E-state index in [1.54, 1.807) is 0 Å². The Kier molecular flexibility index (Phi) is 3.70. The molecule has 0 radical (unpaired) electrons. The highest BCUT2D eigenvalue weighted by atomic mass is 16.1. The van der Waals surface area contributed by atoms with Crippen LogP contribution in [0.25, 0.3) is 0 Å². The lowest BCUT2D eigenvalue weighted by molar-refractivity contribution is 0.0978. The van der Waals surface area contributed by atoms with Gasteiger partial charge in [-0.25, -0.2) is 0 Å². The van der Waals surface area contributed by atoms with E-state index in [0.29, 0.717) is 6.42 Å². The molecular weight excluding hydrogens is 212 g/mol. The van der Waals surface area contributed by atoms with Crippen molar-refractivity contribution in [3.8, 4) is 0 Å². The van der Waals surface area contributed by atoms with Crippen LogP contribution in [0.15, 0.2) is 42.7 Å². The molecule has 17 heavy (non-hydrogen) atoms. The fraction of sp³-hybridized carbons (Fsp3) is 0.286. The van der Waals surface area contributed by atoms with Gasteiger partial charge in [0.1, 0.15) is 0 Å². The molecule has 0 spiro atoms. The molecular formula is C14H16N2O. The van der Waals surface area contributed by atoms with Crippen molar-refractivity contribution >= 4 is 5.78 Å². The van der Waals surface area contributed by atoms with Crippen molar-refractivity contribution in [1.82, 2.24) is 9.78 Å². The first kappa shape index (κ1) is 11.6. The van der Waals surface area contributed by atoms with Gasteiger partial charge in [-0.15, -0.1) is 0 Å².